The van der Waals surface area contributed by atoms with Crippen molar-refractivity contribution in [3.05, 3.63) is 29.6 Å². The number of anilines is 1. The zero-order chi connectivity index (χ0) is 11.0. The Bertz CT molecular complexity index is 360. The van der Waals surface area contributed by atoms with E-state index < -0.39 is 0 Å². The zero-order valence-electron chi connectivity index (χ0n) is 9.55. The molecular weight excluding hydrogens is 189 g/mol. The van der Waals surface area contributed by atoms with Crippen LogP contribution in [0.5, 0.6) is 0 Å². The summed E-state index contributed by atoms with van der Waals surface area (Å²) >= 11 is 0. The lowest BCUT2D eigenvalue weighted by Crippen LogP contribution is -2.17. The minimum Gasteiger partial charge on any atom is -0.384 e. The molecule has 0 bridgehead atoms. The van der Waals surface area contributed by atoms with Crippen LogP contribution in [-0.4, -0.2) is 6.54 Å². The fourth-order valence-electron chi connectivity index (χ4n) is 2.26. The molecule has 2 rings (SSSR count). The number of hydrogen-bond donors (Lipinski definition) is 1. The van der Waals surface area contributed by atoms with Crippen molar-refractivity contribution in [3.8, 4) is 0 Å². The summed E-state index contributed by atoms with van der Waals surface area (Å²) in [5.41, 5.74) is 2.25. The lowest BCUT2D eigenvalue weighted by Gasteiger charge is -2.22. The molecule has 0 fully saturated rings. The van der Waals surface area contributed by atoms with Crippen LogP contribution in [-0.2, 0) is 0 Å². The van der Waals surface area contributed by atoms with Gasteiger partial charge in [-0.05, 0) is 35.6 Å². The molecule has 1 nitrogen and oxygen atoms in total. The van der Waals surface area contributed by atoms with Gasteiger partial charge in [-0.15, -0.1) is 0 Å². The highest BCUT2D eigenvalue weighted by Gasteiger charge is 2.28. The van der Waals surface area contributed by atoms with Crippen LogP contribution in [0.25, 0.3) is 0 Å². The van der Waals surface area contributed by atoms with Gasteiger partial charge in [0, 0.05) is 18.2 Å². The van der Waals surface area contributed by atoms with E-state index in [0.717, 1.165) is 17.8 Å². The van der Waals surface area contributed by atoms with Gasteiger partial charge >= 0.3 is 0 Å². The van der Waals surface area contributed by atoms with E-state index >= 15 is 0 Å². The fourth-order valence-corrected chi connectivity index (χ4v) is 2.26. The highest BCUT2D eigenvalue weighted by molar-refractivity contribution is 5.58. The van der Waals surface area contributed by atoms with Gasteiger partial charge in [0.15, 0.2) is 0 Å². The van der Waals surface area contributed by atoms with Crippen molar-refractivity contribution in [1.82, 2.24) is 0 Å². The predicted octanol–water partition coefficient (Wildman–Crippen LogP) is 3.63. The second-order valence-corrected chi connectivity index (χ2v) is 4.82. The lowest BCUT2D eigenvalue weighted by molar-refractivity contribution is 0.362. The average Bonchev–Trinajstić information content (AvgIpc) is 2.59. The van der Waals surface area contributed by atoms with Gasteiger partial charge in [0.1, 0.15) is 5.82 Å². The van der Waals surface area contributed by atoms with Crippen LogP contribution in [0.15, 0.2) is 18.2 Å². The lowest BCUT2D eigenvalue weighted by atomic mass is 9.82. The summed E-state index contributed by atoms with van der Waals surface area (Å²) < 4.78 is 13.2. The molecule has 0 saturated carbocycles. The van der Waals surface area contributed by atoms with Crippen LogP contribution in [0.1, 0.15) is 32.3 Å². The van der Waals surface area contributed by atoms with Crippen molar-refractivity contribution in [3.63, 3.8) is 0 Å². The van der Waals surface area contributed by atoms with Crippen LogP contribution in [0.4, 0.5) is 10.1 Å². The quantitative estimate of drug-likeness (QED) is 0.781. The Balaban J connectivity index is 2.31. The second kappa shape index (κ2) is 3.84. The van der Waals surface area contributed by atoms with Gasteiger partial charge in [0.05, 0.1) is 0 Å². The SMILES string of the molecule is CC(C)C(C)C1CNc2ccc(F)cc21. The van der Waals surface area contributed by atoms with E-state index in [1.54, 1.807) is 6.07 Å². The van der Waals surface area contributed by atoms with Crippen LogP contribution in [0.3, 0.4) is 0 Å². The minimum absolute atomic E-state index is 0.126. The monoisotopic (exact) mass is 207 g/mol. The summed E-state index contributed by atoms with van der Waals surface area (Å²) in [6.45, 7) is 7.64. The Morgan fingerprint density at radius 1 is 1.33 bits per heavy atom. The molecule has 1 heterocycles. The first-order valence-electron chi connectivity index (χ1n) is 5.63. The van der Waals surface area contributed by atoms with Crippen LogP contribution in [0.2, 0.25) is 0 Å². The third kappa shape index (κ3) is 1.85. The highest BCUT2D eigenvalue weighted by Crippen LogP contribution is 2.39. The number of benzene rings is 1. The first-order valence-corrected chi connectivity index (χ1v) is 5.63. The molecule has 0 aromatic heterocycles. The number of fused-ring (bicyclic) bond motifs is 1. The van der Waals surface area contributed by atoms with Crippen LogP contribution >= 0.6 is 0 Å². The van der Waals surface area contributed by atoms with Crippen molar-refractivity contribution in [2.45, 2.75) is 26.7 Å². The van der Waals surface area contributed by atoms with Gasteiger partial charge in [-0.25, -0.2) is 4.39 Å². The summed E-state index contributed by atoms with van der Waals surface area (Å²) in [4.78, 5) is 0. The first-order chi connectivity index (χ1) is 7.09. The fraction of sp³-hybridized carbons (Fsp3) is 0.538. The van der Waals surface area contributed by atoms with Gasteiger partial charge in [-0.3, -0.25) is 0 Å². The molecule has 1 aliphatic heterocycles. The van der Waals surface area contributed by atoms with Crippen LogP contribution in [0, 0.1) is 17.7 Å². The molecule has 15 heavy (non-hydrogen) atoms. The Morgan fingerprint density at radius 3 is 2.73 bits per heavy atom. The second-order valence-electron chi connectivity index (χ2n) is 4.82. The molecule has 0 saturated heterocycles. The molecule has 0 spiro atoms. The summed E-state index contributed by atoms with van der Waals surface area (Å²) in [5, 5.41) is 3.35. The van der Waals surface area contributed by atoms with E-state index in [4.69, 9.17) is 0 Å². The van der Waals surface area contributed by atoms with Gasteiger partial charge < -0.3 is 5.32 Å². The van der Waals surface area contributed by atoms with Crippen molar-refractivity contribution < 1.29 is 4.39 Å². The van der Waals surface area contributed by atoms with Crippen molar-refractivity contribution in [2.24, 2.45) is 11.8 Å². The van der Waals surface area contributed by atoms with E-state index in [1.807, 2.05) is 6.07 Å². The van der Waals surface area contributed by atoms with E-state index in [1.165, 1.54) is 6.07 Å². The smallest absolute Gasteiger partial charge is 0.123 e. The van der Waals surface area contributed by atoms with E-state index in [2.05, 4.69) is 26.1 Å². The summed E-state index contributed by atoms with van der Waals surface area (Å²) in [5.74, 6) is 1.54. The van der Waals surface area contributed by atoms with E-state index in [-0.39, 0.29) is 5.82 Å². The molecule has 0 radical (unpaired) electrons. The maximum atomic E-state index is 13.2. The Kier molecular flexibility index (Phi) is 2.68. The maximum Gasteiger partial charge on any atom is 0.123 e. The topological polar surface area (TPSA) is 12.0 Å². The normalized spacial score (nSPS) is 21.3. The maximum absolute atomic E-state index is 13.2. The standard InChI is InChI=1S/C13H18FN/c1-8(2)9(3)12-7-15-13-5-4-10(14)6-11(12)13/h4-6,8-9,12,15H,7H2,1-3H3. The molecule has 1 N–H and O–H groups in total. The molecule has 1 aliphatic rings. The Labute approximate surface area is 90.7 Å². The Morgan fingerprint density at radius 2 is 2.07 bits per heavy atom. The van der Waals surface area contributed by atoms with Crippen LogP contribution < -0.4 is 5.32 Å². The molecule has 2 unspecified atom stereocenters. The van der Waals surface area contributed by atoms with Gasteiger partial charge in [-0.1, -0.05) is 20.8 Å². The first kappa shape index (κ1) is 10.5. The highest BCUT2D eigenvalue weighted by atomic mass is 19.1. The average molecular weight is 207 g/mol. The third-order valence-electron chi connectivity index (χ3n) is 3.61. The zero-order valence-corrected chi connectivity index (χ0v) is 9.55. The van der Waals surface area contributed by atoms with Crippen molar-refractivity contribution in [2.75, 3.05) is 11.9 Å². The number of rotatable bonds is 2. The largest absolute Gasteiger partial charge is 0.384 e. The van der Waals surface area contributed by atoms with Crippen molar-refractivity contribution in [1.29, 1.82) is 0 Å². The number of halogens is 1. The molecule has 0 aliphatic carbocycles. The molecule has 1 aromatic rings. The van der Waals surface area contributed by atoms with Gasteiger partial charge in [-0.2, -0.15) is 0 Å². The molecule has 0 amide bonds. The van der Waals surface area contributed by atoms with Gasteiger partial charge in [0.2, 0.25) is 0 Å². The Hall–Kier alpha value is -1.05. The number of hydrogen-bond acceptors (Lipinski definition) is 1. The number of nitrogens with one attached hydrogen (secondary N) is 1. The molecule has 82 valence electrons. The molecule has 2 atom stereocenters. The van der Waals surface area contributed by atoms with E-state index in [0.29, 0.717) is 17.8 Å². The summed E-state index contributed by atoms with van der Waals surface area (Å²) in [6.07, 6.45) is 0. The molecule has 1 aromatic carbocycles. The third-order valence-corrected chi connectivity index (χ3v) is 3.61. The minimum atomic E-state index is -0.126. The van der Waals surface area contributed by atoms with E-state index in [9.17, 15) is 4.39 Å². The molecular formula is C13H18FN. The summed E-state index contributed by atoms with van der Waals surface area (Å²) in [7, 11) is 0. The predicted molar refractivity (Wildman–Crippen MR) is 61.6 cm³/mol. The van der Waals surface area contributed by atoms with Gasteiger partial charge in [0.25, 0.3) is 0 Å². The molecule has 2 heteroatoms. The summed E-state index contributed by atoms with van der Waals surface area (Å²) in [6, 6.07) is 5.05. The van der Waals surface area contributed by atoms with Crippen molar-refractivity contribution >= 4 is 5.69 Å².